The molecule has 4 nitrogen and oxygen atoms in total. The van der Waals surface area contributed by atoms with E-state index in [9.17, 15) is 4.79 Å². The van der Waals surface area contributed by atoms with Crippen molar-refractivity contribution in [2.24, 2.45) is 11.1 Å². The molecule has 1 saturated carbocycles. The van der Waals surface area contributed by atoms with Gasteiger partial charge < -0.3 is 15.8 Å². The summed E-state index contributed by atoms with van der Waals surface area (Å²) >= 11 is 4.86. The third kappa shape index (κ3) is 2.42. The summed E-state index contributed by atoms with van der Waals surface area (Å²) in [6.45, 7) is 1.28. The van der Waals surface area contributed by atoms with E-state index in [1.54, 1.807) is 7.11 Å². The maximum absolute atomic E-state index is 11.6. The maximum atomic E-state index is 11.6. The fourth-order valence-corrected chi connectivity index (χ4v) is 1.59. The van der Waals surface area contributed by atoms with Crippen molar-refractivity contribution in [1.29, 1.82) is 0 Å². The first-order valence-corrected chi connectivity index (χ1v) is 5.11. The highest BCUT2D eigenvalue weighted by Crippen LogP contribution is 2.46. The van der Waals surface area contributed by atoms with E-state index in [1.807, 2.05) is 0 Å². The lowest BCUT2D eigenvalue weighted by Gasteiger charge is -2.13. The lowest BCUT2D eigenvalue weighted by Crippen LogP contribution is -2.40. The lowest BCUT2D eigenvalue weighted by atomic mass is 10.1. The lowest BCUT2D eigenvalue weighted by molar-refractivity contribution is -0.124. The van der Waals surface area contributed by atoms with E-state index in [0.29, 0.717) is 18.1 Å². The molecule has 1 rings (SSSR count). The predicted octanol–water partition coefficient (Wildman–Crippen LogP) is 0.205. The normalized spacial score (nSPS) is 17.5. The summed E-state index contributed by atoms with van der Waals surface area (Å²) in [5, 5.41) is 2.82. The smallest absolute Gasteiger partial charge is 0.233 e. The minimum atomic E-state index is -0.525. The predicted molar refractivity (Wildman–Crippen MR) is 58.0 cm³/mol. The van der Waals surface area contributed by atoms with Gasteiger partial charge in [-0.2, -0.15) is 0 Å². The average molecular weight is 216 g/mol. The van der Waals surface area contributed by atoms with Gasteiger partial charge >= 0.3 is 0 Å². The summed E-state index contributed by atoms with van der Waals surface area (Å²) in [4.78, 5) is 11.9. The molecule has 0 spiro atoms. The van der Waals surface area contributed by atoms with Crippen LogP contribution >= 0.6 is 12.2 Å². The molecule has 0 aliphatic heterocycles. The van der Waals surface area contributed by atoms with Crippen LogP contribution in [0, 0.1) is 5.41 Å². The molecule has 14 heavy (non-hydrogen) atoms. The van der Waals surface area contributed by atoms with E-state index in [0.717, 1.165) is 19.3 Å². The van der Waals surface area contributed by atoms with Gasteiger partial charge in [0.05, 0.1) is 10.4 Å². The van der Waals surface area contributed by atoms with Crippen LogP contribution in [0.3, 0.4) is 0 Å². The van der Waals surface area contributed by atoms with Crippen LogP contribution < -0.4 is 11.1 Å². The number of thiocarbonyl (C=S) groups is 1. The number of ether oxygens (including phenoxy) is 1. The van der Waals surface area contributed by atoms with Gasteiger partial charge in [0.1, 0.15) is 0 Å². The zero-order valence-electron chi connectivity index (χ0n) is 8.34. The second-order valence-corrected chi connectivity index (χ2v) is 3.99. The highest BCUT2D eigenvalue weighted by molar-refractivity contribution is 7.80. The molecule has 0 bridgehead atoms. The minimum Gasteiger partial charge on any atom is -0.392 e. The molecular formula is C9H16N2O2S. The van der Waals surface area contributed by atoms with Gasteiger partial charge in [-0.3, -0.25) is 4.79 Å². The van der Waals surface area contributed by atoms with E-state index in [4.69, 9.17) is 22.7 Å². The molecule has 0 aromatic rings. The van der Waals surface area contributed by atoms with E-state index in [1.165, 1.54) is 0 Å². The Bertz CT molecular complexity index is 239. The molecule has 0 aromatic heterocycles. The highest BCUT2D eigenvalue weighted by Gasteiger charge is 2.52. The van der Waals surface area contributed by atoms with E-state index in [2.05, 4.69) is 5.32 Å². The molecule has 3 N–H and O–H groups in total. The molecule has 0 unspecified atom stereocenters. The number of nitrogens with two attached hydrogens (primary N) is 1. The zero-order valence-corrected chi connectivity index (χ0v) is 9.15. The Hall–Kier alpha value is -0.680. The molecule has 1 fully saturated rings. The molecule has 1 aliphatic carbocycles. The van der Waals surface area contributed by atoms with Crippen molar-refractivity contribution in [2.75, 3.05) is 20.3 Å². The van der Waals surface area contributed by atoms with E-state index >= 15 is 0 Å². The van der Waals surface area contributed by atoms with Gasteiger partial charge in [0, 0.05) is 20.3 Å². The topological polar surface area (TPSA) is 64.3 Å². The Morgan fingerprint density at radius 2 is 2.29 bits per heavy atom. The third-order valence-corrected chi connectivity index (χ3v) is 2.86. The van der Waals surface area contributed by atoms with Gasteiger partial charge in [0.25, 0.3) is 0 Å². The van der Waals surface area contributed by atoms with Gasteiger partial charge in [-0.05, 0) is 19.3 Å². The quantitative estimate of drug-likeness (QED) is 0.492. The molecule has 0 heterocycles. The first kappa shape index (κ1) is 11.4. The summed E-state index contributed by atoms with van der Waals surface area (Å²) in [6, 6.07) is 0. The average Bonchev–Trinajstić information content (AvgIpc) is 2.92. The monoisotopic (exact) mass is 216 g/mol. The number of hydrogen-bond donors (Lipinski definition) is 2. The van der Waals surface area contributed by atoms with Crippen molar-refractivity contribution in [3.05, 3.63) is 0 Å². The van der Waals surface area contributed by atoms with Crippen LogP contribution in [-0.4, -0.2) is 31.2 Å². The first-order valence-electron chi connectivity index (χ1n) is 4.70. The number of amides is 1. The van der Waals surface area contributed by atoms with E-state index < -0.39 is 5.41 Å². The zero-order chi connectivity index (χ0) is 10.6. The molecule has 5 heteroatoms. The molecule has 0 saturated heterocycles. The van der Waals surface area contributed by atoms with Crippen molar-refractivity contribution < 1.29 is 9.53 Å². The van der Waals surface area contributed by atoms with Gasteiger partial charge in [0.15, 0.2) is 0 Å². The van der Waals surface area contributed by atoms with Crippen LogP contribution in [-0.2, 0) is 9.53 Å². The van der Waals surface area contributed by atoms with Crippen LogP contribution in [0.4, 0.5) is 0 Å². The summed E-state index contributed by atoms with van der Waals surface area (Å²) in [6.07, 6.45) is 2.40. The largest absolute Gasteiger partial charge is 0.392 e. The molecule has 1 amide bonds. The standard InChI is InChI=1S/C9H16N2O2S/c1-13-6-2-5-11-8(12)9(3-4-9)7(10)14/h2-6H2,1H3,(H2,10,14)(H,11,12). The Morgan fingerprint density at radius 1 is 1.64 bits per heavy atom. The number of rotatable bonds is 6. The van der Waals surface area contributed by atoms with Crippen molar-refractivity contribution >= 4 is 23.1 Å². The Morgan fingerprint density at radius 3 is 2.71 bits per heavy atom. The van der Waals surface area contributed by atoms with Crippen molar-refractivity contribution in [1.82, 2.24) is 5.32 Å². The fourth-order valence-electron chi connectivity index (χ4n) is 1.30. The van der Waals surface area contributed by atoms with Crippen molar-refractivity contribution in [2.45, 2.75) is 19.3 Å². The Labute approximate surface area is 89.2 Å². The van der Waals surface area contributed by atoms with Gasteiger partial charge in [-0.1, -0.05) is 12.2 Å². The third-order valence-electron chi connectivity index (χ3n) is 2.47. The number of carbonyl (C=O) groups is 1. The van der Waals surface area contributed by atoms with Gasteiger partial charge in [0.2, 0.25) is 5.91 Å². The summed E-state index contributed by atoms with van der Waals surface area (Å²) in [5.74, 6) is -0.0268. The molecule has 0 atom stereocenters. The van der Waals surface area contributed by atoms with Crippen molar-refractivity contribution in [3.63, 3.8) is 0 Å². The van der Waals surface area contributed by atoms with E-state index in [-0.39, 0.29) is 5.91 Å². The summed E-state index contributed by atoms with van der Waals surface area (Å²) in [5.41, 5.74) is 4.98. The molecular weight excluding hydrogens is 200 g/mol. The molecule has 1 aliphatic rings. The second kappa shape index (κ2) is 4.70. The number of methoxy groups -OCH3 is 1. The number of carbonyl (C=O) groups excluding carboxylic acids is 1. The van der Waals surface area contributed by atoms with Crippen LogP contribution in [0.1, 0.15) is 19.3 Å². The van der Waals surface area contributed by atoms with Crippen LogP contribution in [0.15, 0.2) is 0 Å². The fraction of sp³-hybridized carbons (Fsp3) is 0.778. The first-order chi connectivity index (χ1) is 6.63. The highest BCUT2D eigenvalue weighted by atomic mass is 32.1. The van der Waals surface area contributed by atoms with Gasteiger partial charge in [-0.15, -0.1) is 0 Å². The molecule has 0 radical (unpaired) electrons. The van der Waals surface area contributed by atoms with Gasteiger partial charge in [-0.25, -0.2) is 0 Å². The van der Waals surface area contributed by atoms with Crippen LogP contribution in [0.5, 0.6) is 0 Å². The summed E-state index contributed by atoms with van der Waals surface area (Å²) < 4.78 is 4.87. The SMILES string of the molecule is COCCCNC(=O)C1(C(N)=S)CC1. The van der Waals surface area contributed by atoms with Crippen LogP contribution in [0.25, 0.3) is 0 Å². The minimum absolute atomic E-state index is 0.0268. The maximum Gasteiger partial charge on any atom is 0.233 e. The Kier molecular flexibility index (Phi) is 3.83. The molecule has 0 aromatic carbocycles. The Balaban J connectivity index is 2.25. The number of hydrogen-bond acceptors (Lipinski definition) is 3. The van der Waals surface area contributed by atoms with Crippen molar-refractivity contribution in [3.8, 4) is 0 Å². The number of nitrogens with one attached hydrogen (secondary N) is 1. The summed E-state index contributed by atoms with van der Waals surface area (Å²) in [7, 11) is 1.64. The molecule has 80 valence electrons. The second-order valence-electron chi connectivity index (χ2n) is 3.55. The van der Waals surface area contributed by atoms with Crippen LogP contribution in [0.2, 0.25) is 0 Å².